The molecule has 1 heterocycles. The molecule has 1 amide bonds. The van der Waals surface area contributed by atoms with Gasteiger partial charge in [0, 0.05) is 12.7 Å². The minimum Gasteiger partial charge on any atom is -0.497 e. The smallest absolute Gasteiger partial charge is 0.271 e. The summed E-state index contributed by atoms with van der Waals surface area (Å²) >= 11 is 0. The predicted molar refractivity (Wildman–Crippen MR) is 82.8 cm³/mol. The van der Waals surface area contributed by atoms with Crippen LogP contribution < -0.4 is 19.1 Å². The molecular weight excluding hydrogens is 282 g/mol. The van der Waals surface area contributed by atoms with E-state index in [2.05, 4.69) is 0 Å². The van der Waals surface area contributed by atoms with Crippen LogP contribution >= 0.6 is 0 Å². The van der Waals surface area contributed by atoms with Gasteiger partial charge in [-0.2, -0.15) is 0 Å². The van der Waals surface area contributed by atoms with Crippen LogP contribution in [0.1, 0.15) is 0 Å². The zero-order chi connectivity index (χ0) is 15.5. The fraction of sp³-hybridized carbons (Fsp3) is 0.235. The molecule has 0 aliphatic carbocycles. The summed E-state index contributed by atoms with van der Waals surface area (Å²) in [6, 6.07) is 14.6. The first-order chi connectivity index (χ1) is 10.7. The molecule has 0 radical (unpaired) electrons. The van der Waals surface area contributed by atoms with Gasteiger partial charge in [0.2, 0.25) is 6.10 Å². The van der Waals surface area contributed by atoms with E-state index in [1.54, 1.807) is 25.1 Å². The number of benzene rings is 2. The van der Waals surface area contributed by atoms with E-state index < -0.39 is 6.10 Å². The average Bonchev–Trinajstić information content (AvgIpc) is 2.60. The maximum Gasteiger partial charge on any atom is 0.271 e. The Bertz CT molecular complexity index is 669. The highest BCUT2D eigenvalue weighted by molar-refractivity contribution is 5.96. The molecule has 0 spiro atoms. The Morgan fingerprint density at radius 2 is 1.82 bits per heavy atom. The van der Waals surface area contributed by atoms with Crippen molar-refractivity contribution >= 4 is 11.6 Å². The highest BCUT2D eigenvalue weighted by Crippen LogP contribution is 2.31. The van der Waals surface area contributed by atoms with Crippen molar-refractivity contribution in [1.82, 2.24) is 0 Å². The topological polar surface area (TPSA) is 48.0 Å². The molecule has 2 aromatic carbocycles. The lowest BCUT2D eigenvalue weighted by Crippen LogP contribution is -2.45. The first kappa shape index (κ1) is 14.3. The van der Waals surface area contributed by atoms with Crippen LogP contribution in [0.4, 0.5) is 5.69 Å². The average molecular weight is 299 g/mol. The maximum absolute atomic E-state index is 12.6. The molecule has 2 aromatic rings. The number of amides is 1. The lowest BCUT2D eigenvalue weighted by molar-refractivity contribution is -0.127. The monoisotopic (exact) mass is 299 g/mol. The van der Waals surface area contributed by atoms with Crippen LogP contribution in [0.5, 0.6) is 17.2 Å². The number of anilines is 1. The molecule has 114 valence electrons. The number of ether oxygens (including phenoxy) is 3. The molecule has 5 nitrogen and oxygen atoms in total. The second-order valence-corrected chi connectivity index (χ2v) is 4.96. The number of rotatable bonds is 3. The molecule has 1 aliphatic heterocycles. The van der Waals surface area contributed by atoms with Crippen LogP contribution in [0.3, 0.4) is 0 Å². The Balaban J connectivity index is 1.73. The van der Waals surface area contributed by atoms with Crippen molar-refractivity contribution in [2.75, 3.05) is 25.7 Å². The van der Waals surface area contributed by atoms with Crippen molar-refractivity contribution in [2.45, 2.75) is 6.10 Å². The molecule has 22 heavy (non-hydrogen) atoms. The number of likely N-dealkylation sites (N-methyl/N-ethyl adjacent to an activating group) is 1. The molecule has 0 fully saturated rings. The van der Waals surface area contributed by atoms with E-state index in [0.717, 1.165) is 11.4 Å². The third kappa shape index (κ3) is 2.70. The maximum atomic E-state index is 12.6. The highest BCUT2D eigenvalue weighted by Gasteiger charge is 2.30. The SMILES string of the molecule is COc1ccc(N(C)C(=O)[C@H]2COc3ccccc3O2)cc1. The summed E-state index contributed by atoms with van der Waals surface area (Å²) < 4.78 is 16.4. The van der Waals surface area contributed by atoms with Gasteiger partial charge in [-0.15, -0.1) is 0 Å². The summed E-state index contributed by atoms with van der Waals surface area (Å²) in [6.45, 7) is 0.205. The van der Waals surface area contributed by atoms with E-state index in [9.17, 15) is 4.79 Å². The summed E-state index contributed by atoms with van der Waals surface area (Å²) in [6.07, 6.45) is -0.651. The fourth-order valence-electron chi connectivity index (χ4n) is 2.29. The second kappa shape index (κ2) is 5.97. The summed E-state index contributed by atoms with van der Waals surface area (Å²) in [5, 5.41) is 0. The van der Waals surface area contributed by atoms with Gasteiger partial charge in [0.05, 0.1) is 7.11 Å². The first-order valence-corrected chi connectivity index (χ1v) is 6.99. The van der Waals surface area contributed by atoms with Crippen LogP contribution in [-0.4, -0.2) is 32.8 Å². The number of carbonyl (C=O) groups excluding carboxylic acids is 1. The number of hydrogen-bond acceptors (Lipinski definition) is 4. The molecule has 0 saturated carbocycles. The number of fused-ring (bicyclic) bond motifs is 1. The van der Waals surface area contributed by atoms with Crippen LogP contribution in [0, 0.1) is 0 Å². The molecule has 1 aliphatic rings. The zero-order valence-electron chi connectivity index (χ0n) is 12.5. The molecule has 5 heteroatoms. The summed E-state index contributed by atoms with van der Waals surface area (Å²) in [5.41, 5.74) is 0.772. The van der Waals surface area contributed by atoms with Crippen molar-refractivity contribution < 1.29 is 19.0 Å². The van der Waals surface area contributed by atoms with E-state index in [1.165, 1.54) is 0 Å². The highest BCUT2D eigenvalue weighted by atomic mass is 16.6. The molecule has 0 bridgehead atoms. The van der Waals surface area contributed by atoms with Gasteiger partial charge in [0.1, 0.15) is 12.4 Å². The second-order valence-electron chi connectivity index (χ2n) is 4.96. The Kier molecular flexibility index (Phi) is 3.87. The Labute approximate surface area is 129 Å². The minimum atomic E-state index is -0.651. The molecule has 0 aromatic heterocycles. The lowest BCUT2D eigenvalue weighted by Gasteiger charge is -2.28. The third-order valence-electron chi connectivity index (χ3n) is 3.57. The summed E-state index contributed by atoms with van der Waals surface area (Å²) in [4.78, 5) is 14.1. The van der Waals surface area contributed by atoms with E-state index in [0.29, 0.717) is 11.5 Å². The largest absolute Gasteiger partial charge is 0.497 e. The van der Waals surface area contributed by atoms with Gasteiger partial charge < -0.3 is 19.1 Å². The molecule has 3 rings (SSSR count). The molecule has 1 atom stereocenters. The van der Waals surface area contributed by atoms with E-state index in [-0.39, 0.29) is 12.5 Å². The number of hydrogen-bond donors (Lipinski definition) is 0. The van der Waals surface area contributed by atoms with Crippen molar-refractivity contribution in [3.05, 3.63) is 48.5 Å². The normalized spacial score (nSPS) is 16.0. The number of methoxy groups -OCH3 is 1. The van der Waals surface area contributed by atoms with Gasteiger partial charge in [-0.05, 0) is 36.4 Å². The van der Waals surface area contributed by atoms with Crippen LogP contribution in [0.2, 0.25) is 0 Å². The quantitative estimate of drug-likeness (QED) is 0.873. The Morgan fingerprint density at radius 3 is 2.50 bits per heavy atom. The van der Waals surface area contributed by atoms with Gasteiger partial charge in [-0.25, -0.2) is 0 Å². The third-order valence-corrected chi connectivity index (χ3v) is 3.57. The minimum absolute atomic E-state index is 0.153. The van der Waals surface area contributed by atoms with E-state index in [4.69, 9.17) is 14.2 Å². The number of carbonyl (C=O) groups is 1. The predicted octanol–water partition coefficient (Wildman–Crippen LogP) is 2.50. The van der Waals surface area contributed by atoms with Gasteiger partial charge >= 0.3 is 0 Å². The van der Waals surface area contributed by atoms with Crippen LogP contribution in [0.15, 0.2) is 48.5 Å². The Morgan fingerprint density at radius 1 is 1.14 bits per heavy atom. The molecule has 0 unspecified atom stereocenters. The van der Waals surface area contributed by atoms with E-state index in [1.807, 2.05) is 42.5 Å². The molecule has 0 N–H and O–H groups in total. The Hall–Kier alpha value is -2.69. The van der Waals surface area contributed by atoms with Gasteiger partial charge in [0.25, 0.3) is 5.91 Å². The van der Waals surface area contributed by atoms with Gasteiger partial charge in [-0.3, -0.25) is 4.79 Å². The summed E-state index contributed by atoms with van der Waals surface area (Å²) in [5.74, 6) is 1.85. The van der Waals surface area contributed by atoms with Crippen molar-refractivity contribution in [3.8, 4) is 17.2 Å². The molecule has 0 saturated heterocycles. The standard InChI is InChI=1S/C17H17NO4/c1-18(12-7-9-13(20-2)10-8-12)17(19)16-11-21-14-5-3-4-6-15(14)22-16/h3-10,16H,11H2,1-2H3/t16-/m1/s1. The van der Waals surface area contributed by atoms with Gasteiger partial charge in [0.15, 0.2) is 11.5 Å². The van der Waals surface area contributed by atoms with Crippen molar-refractivity contribution in [2.24, 2.45) is 0 Å². The number of nitrogens with zero attached hydrogens (tertiary/aromatic N) is 1. The van der Waals surface area contributed by atoms with Crippen LogP contribution in [0.25, 0.3) is 0 Å². The molecular formula is C17H17NO4. The summed E-state index contributed by atoms with van der Waals surface area (Å²) in [7, 11) is 3.32. The van der Waals surface area contributed by atoms with Crippen LogP contribution in [-0.2, 0) is 4.79 Å². The van der Waals surface area contributed by atoms with E-state index >= 15 is 0 Å². The fourth-order valence-corrected chi connectivity index (χ4v) is 2.29. The lowest BCUT2D eigenvalue weighted by atomic mass is 10.2. The number of para-hydroxylation sites is 2. The van der Waals surface area contributed by atoms with Crippen molar-refractivity contribution in [3.63, 3.8) is 0 Å². The zero-order valence-corrected chi connectivity index (χ0v) is 12.5. The van der Waals surface area contributed by atoms with Crippen molar-refractivity contribution in [1.29, 1.82) is 0 Å². The van der Waals surface area contributed by atoms with Gasteiger partial charge in [-0.1, -0.05) is 12.1 Å². The first-order valence-electron chi connectivity index (χ1n) is 6.99.